The van der Waals surface area contributed by atoms with E-state index >= 15 is 0 Å². The number of likely N-dealkylation sites (tertiary alicyclic amines) is 1. The van der Waals surface area contributed by atoms with Gasteiger partial charge in [0.15, 0.2) is 0 Å². The van der Waals surface area contributed by atoms with E-state index in [0.29, 0.717) is 24.9 Å². The topological polar surface area (TPSA) is 60.9 Å². The van der Waals surface area contributed by atoms with E-state index in [1.807, 2.05) is 4.90 Å². The molecule has 3 fully saturated rings. The smallest absolute Gasteiger partial charge is 0.306 e. The molecule has 3 rings (SSSR count). The molecular weight excluding hydrogens is 256 g/mol. The van der Waals surface area contributed by atoms with Crippen molar-refractivity contribution in [2.45, 2.75) is 50.6 Å². The summed E-state index contributed by atoms with van der Waals surface area (Å²) in [4.78, 5) is 28.1. The first-order chi connectivity index (χ1) is 9.56. The van der Waals surface area contributed by atoms with Crippen LogP contribution in [0.25, 0.3) is 0 Å². The molecule has 0 aromatic carbocycles. The van der Waals surface area contributed by atoms with Crippen molar-refractivity contribution in [2.75, 3.05) is 20.1 Å². The maximum Gasteiger partial charge on any atom is 0.306 e. The van der Waals surface area contributed by atoms with Crippen LogP contribution >= 0.6 is 0 Å². The Morgan fingerprint density at radius 1 is 1.00 bits per heavy atom. The number of carbonyl (C=O) groups excluding carboxylic acids is 1. The van der Waals surface area contributed by atoms with Gasteiger partial charge in [-0.2, -0.15) is 0 Å². The fourth-order valence-electron chi connectivity index (χ4n) is 4.20. The van der Waals surface area contributed by atoms with Crippen LogP contribution in [-0.2, 0) is 9.59 Å². The Hall–Kier alpha value is -1.10. The summed E-state index contributed by atoms with van der Waals surface area (Å²) in [7, 11) is 2.17. The Balaban J connectivity index is 1.62. The van der Waals surface area contributed by atoms with Gasteiger partial charge in [0.25, 0.3) is 0 Å². The molecule has 1 aliphatic carbocycles. The van der Waals surface area contributed by atoms with Crippen molar-refractivity contribution < 1.29 is 14.7 Å². The number of rotatable bonds is 2. The number of hydrogen-bond acceptors (Lipinski definition) is 3. The van der Waals surface area contributed by atoms with Crippen molar-refractivity contribution in [3.05, 3.63) is 0 Å². The third kappa shape index (κ3) is 2.43. The van der Waals surface area contributed by atoms with Crippen LogP contribution in [0.4, 0.5) is 0 Å². The molecule has 5 nitrogen and oxygen atoms in total. The number of carbonyl (C=O) groups is 2. The maximum absolute atomic E-state index is 12.6. The zero-order valence-electron chi connectivity index (χ0n) is 12.1. The summed E-state index contributed by atoms with van der Waals surface area (Å²) in [6, 6.07) is 1.14. The fraction of sp³-hybridized carbons (Fsp3) is 0.867. The second kappa shape index (κ2) is 5.35. The van der Waals surface area contributed by atoms with Gasteiger partial charge >= 0.3 is 5.97 Å². The molecule has 2 unspecified atom stereocenters. The molecular formula is C15H24N2O3. The molecule has 2 bridgehead atoms. The molecule has 3 aliphatic rings. The van der Waals surface area contributed by atoms with Gasteiger partial charge < -0.3 is 10.0 Å². The highest BCUT2D eigenvalue weighted by molar-refractivity contribution is 5.81. The molecule has 112 valence electrons. The molecule has 0 radical (unpaired) electrons. The van der Waals surface area contributed by atoms with Crippen LogP contribution in [0.1, 0.15) is 38.5 Å². The van der Waals surface area contributed by atoms with Gasteiger partial charge in [-0.25, -0.2) is 0 Å². The average molecular weight is 280 g/mol. The van der Waals surface area contributed by atoms with Crippen LogP contribution in [0.3, 0.4) is 0 Å². The van der Waals surface area contributed by atoms with E-state index in [0.717, 1.165) is 25.9 Å². The van der Waals surface area contributed by atoms with E-state index in [2.05, 4.69) is 11.9 Å². The van der Waals surface area contributed by atoms with Crippen LogP contribution in [0.2, 0.25) is 0 Å². The first-order valence-electron chi connectivity index (χ1n) is 7.79. The molecule has 2 heterocycles. The maximum atomic E-state index is 12.6. The van der Waals surface area contributed by atoms with E-state index < -0.39 is 5.97 Å². The van der Waals surface area contributed by atoms with Gasteiger partial charge in [0, 0.05) is 31.1 Å². The Bertz CT molecular complexity index is 412. The van der Waals surface area contributed by atoms with Crippen molar-refractivity contribution in [1.82, 2.24) is 9.80 Å². The molecule has 0 spiro atoms. The van der Waals surface area contributed by atoms with Gasteiger partial charge in [-0.3, -0.25) is 14.5 Å². The van der Waals surface area contributed by atoms with E-state index in [-0.39, 0.29) is 17.7 Å². The molecule has 4 atom stereocenters. The Morgan fingerprint density at radius 2 is 1.70 bits per heavy atom. The van der Waals surface area contributed by atoms with Crippen molar-refractivity contribution in [2.24, 2.45) is 11.8 Å². The fourth-order valence-corrected chi connectivity index (χ4v) is 4.20. The number of fused-ring (bicyclic) bond motifs is 2. The number of nitrogens with zero attached hydrogens (tertiary/aromatic N) is 2. The van der Waals surface area contributed by atoms with Crippen LogP contribution in [0.5, 0.6) is 0 Å². The van der Waals surface area contributed by atoms with E-state index in [1.165, 1.54) is 12.8 Å². The molecule has 2 saturated heterocycles. The molecule has 1 N–H and O–H groups in total. The highest BCUT2D eigenvalue weighted by atomic mass is 16.4. The monoisotopic (exact) mass is 280 g/mol. The highest BCUT2D eigenvalue weighted by Crippen LogP contribution is 2.34. The van der Waals surface area contributed by atoms with E-state index in [1.54, 1.807) is 0 Å². The predicted molar refractivity (Wildman–Crippen MR) is 74.2 cm³/mol. The zero-order valence-corrected chi connectivity index (χ0v) is 12.1. The van der Waals surface area contributed by atoms with Crippen LogP contribution < -0.4 is 0 Å². The Morgan fingerprint density at radius 3 is 2.40 bits per heavy atom. The summed E-state index contributed by atoms with van der Waals surface area (Å²) in [6.07, 6.45) is 5.45. The first-order valence-corrected chi connectivity index (χ1v) is 7.79. The minimum Gasteiger partial charge on any atom is -0.481 e. The zero-order chi connectivity index (χ0) is 14.3. The number of carboxylic acids is 1. The molecule has 1 saturated carbocycles. The summed E-state index contributed by atoms with van der Waals surface area (Å²) in [6.45, 7) is 1.68. The van der Waals surface area contributed by atoms with Crippen LogP contribution in [0.15, 0.2) is 0 Å². The van der Waals surface area contributed by atoms with Crippen LogP contribution in [0, 0.1) is 11.8 Å². The van der Waals surface area contributed by atoms with Gasteiger partial charge in [0.2, 0.25) is 5.91 Å². The number of amides is 1. The summed E-state index contributed by atoms with van der Waals surface area (Å²) >= 11 is 0. The minimum absolute atomic E-state index is 0.0574. The van der Waals surface area contributed by atoms with Gasteiger partial charge in [-0.1, -0.05) is 0 Å². The van der Waals surface area contributed by atoms with Crippen molar-refractivity contribution >= 4 is 11.9 Å². The lowest BCUT2D eigenvalue weighted by atomic mass is 10.0. The minimum atomic E-state index is -0.741. The van der Waals surface area contributed by atoms with Crippen molar-refractivity contribution in [1.29, 1.82) is 0 Å². The summed E-state index contributed by atoms with van der Waals surface area (Å²) in [5.41, 5.74) is 0. The quantitative estimate of drug-likeness (QED) is 0.825. The summed E-state index contributed by atoms with van der Waals surface area (Å²) < 4.78 is 0. The predicted octanol–water partition coefficient (Wildman–Crippen LogP) is 1.18. The van der Waals surface area contributed by atoms with E-state index in [9.17, 15) is 9.59 Å². The first kappa shape index (κ1) is 13.9. The second-order valence-electron chi connectivity index (χ2n) is 6.67. The summed E-state index contributed by atoms with van der Waals surface area (Å²) in [5, 5.41) is 9.06. The average Bonchev–Trinajstić information content (AvgIpc) is 2.95. The molecule has 5 heteroatoms. The third-order valence-electron chi connectivity index (χ3n) is 5.59. The Labute approximate surface area is 119 Å². The summed E-state index contributed by atoms with van der Waals surface area (Å²) in [5.74, 6) is -0.905. The van der Waals surface area contributed by atoms with Gasteiger partial charge in [-0.05, 0) is 45.6 Å². The second-order valence-corrected chi connectivity index (χ2v) is 6.67. The SMILES string of the molecule is CN1C2CCC1CN(C(=O)[C@@H]1CC[C@H](C(=O)O)C1)CC2. The lowest BCUT2D eigenvalue weighted by Gasteiger charge is -2.28. The van der Waals surface area contributed by atoms with Crippen LogP contribution in [-0.4, -0.2) is 59.0 Å². The number of aliphatic carboxylic acids is 1. The van der Waals surface area contributed by atoms with Gasteiger partial charge in [0.05, 0.1) is 5.92 Å². The number of likely N-dealkylation sites (N-methyl/N-ethyl adjacent to an activating group) is 1. The standard InChI is InChI=1S/C15H24N2O3/c1-16-12-4-5-13(16)9-17(7-6-12)14(18)10-2-3-11(8-10)15(19)20/h10-13H,2-9H2,1H3,(H,19,20)/t10-,11+,12?,13?/m1/s1. The van der Waals surface area contributed by atoms with Crippen molar-refractivity contribution in [3.8, 4) is 0 Å². The molecule has 2 aliphatic heterocycles. The van der Waals surface area contributed by atoms with Gasteiger partial charge in [0.1, 0.15) is 0 Å². The lowest BCUT2D eigenvalue weighted by Crippen LogP contribution is -2.42. The highest BCUT2D eigenvalue weighted by Gasteiger charge is 2.40. The van der Waals surface area contributed by atoms with Gasteiger partial charge in [-0.15, -0.1) is 0 Å². The lowest BCUT2D eigenvalue weighted by molar-refractivity contribution is -0.141. The van der Waals surface area contributed by atoms with Crippen molar-refractivity contribution in [3.63, 3.8) is 0 Å². The number of carboxylic acid groups (broad SMARTS) is 1. The largest absolute Gasteiger partial charge is 0.481 e. The normalized spacial score (nSPS) is 38.0. The van der Waals surface area contributed by atoms with E-state index in [4.69, 9.17) is 5.11 Å². The molecule has 20 heavy (non-hydrogen) atoms. The third-order valence-corrected chi connectivity index (χ3v) is 5.59. The molecule has 0 aromatic rings. The Kier molecular flexibility index (Phi) is 3.71. The number of hydrogen-bond donors (Lipinski definition) is 1. The molecule has 1 amide bonds. The molecule has 0 aromatic heterocycles.